The molecule has 0 atom stereocenters. The van der Waals surface area contributed by atoms with Crippen LogP contribution >= 0.6 is 0 Å². The van der Waals surface area contributed by atoms with Gasteiger partial charge in [-0.1, -0.05) is 0 Å². The number of carbonyl (C=O) groups excluding carboxylic acids is 5. The second kappa shape index (κ2) is 7.32. The highest BCUT2D eigenvalue weighted by molar-refractivity contribution is 6.21. The maximum Gasteiger partial charge on any atom is 0.338 e. The van der Waals surface area contributed by atoms with E-state index < -0.39 is 30.3 Å². The Balaban J connectivity index is 1.37. The summed E-state index contributed by atoms with van der Waals surface area (Å²) >= 11 is 0. The maximum atomic E-state index is 12.2. The van der Waals surface area contributed by atoms with Gasteiger partial charge in [-0.25, -0.2) is 4.79 Å². The summed E-state index contributed by atoms with van der Waals surface area (Å²) in [7, 11) is 1.38. The van der Waals surface area contributed by atoms with E-state index in [0.717, 1.165) is 4.90 Å². The molecule has 0 saturated heterocycles. The minimum atomic E-state index is -0.746. The van der Waals surface area contributed by atoms with Crippen LogP contribution in [0.5, 0.6) is 5.75 Å². The summed E-state index contributed by atoms with van der Waals surface area (Å²) in [5.74, 6) is -2.19. The SMILES string of the molecule is CN1C(=O)c2ccc(NC(=O)COC(=O)c3ccc4c(c3)OCC(=O)N4)cc2C1=O. The molecule has 0 unspecified atom stereocenters. The van der Waals surface area contributed by atoms with E-state index in [1.165, 1.54) is 43.4 Å². The number of amides is 4. The summed E-state index contributed by atoms with van der Waals surface area (Å²) in [5.41, 5.74) is 1.35. The lowest BCUT2D eigenvalue weighted by atomic mass is 10.1. The number of benzene rings is 2. The Labute approximate surface area is 169 Å². The van der Waals surface area contributed by atoms with E-state index in [2.05, 4.69) is 10.6 Å². The Morgan fingerprint density at radius 2 is 1.87 bits per heavy atom. The molecule has 0 aromatic heterocycles. The monoisotopic (exact) mass is 409 g/mol. The fourth-order valence-electron chi connectivity index (χ4n) is 3.05. The maximum absolute atomic E-state index is 12.2. The molecule has 0 aliphatic carbocycles. The van der Waals surface area contributed by atoms with Crippen molar-refractivity contribution in [3.63, 3.8) is 0 Å². The van der Waals surface area contributed by atoms with E-state index in [1.54, 1.807) is 0 Å². The van der Waals surface area contributed by atoms with Gasteiger partial charge in [-0.15, -0.1) is 0 Å². The third-order valence-electron chi connectivity index (χ3n) is 4.56. The van der Waals surface area contributed by atoms with Crippen molar-refractivity contribution in [1.82, 2.24) is 4.90 Å². The van der Waals surface area contributed by atoms with Crippen molar-refractivity contribution in [3.8, 4) is 5.75 Å². The molecule has 4 amide bonds. The molecule has 2 aliphatic rings. The normalized spacial score (nSPS) is 14.4. The third kappa shape index (κ3) is 3.46. The summed E-state index contributed by atoms with van der Waals surface area (Å²) < 4.78 is 10.2. The van der Waals surface area contributed by atoms with Gasteiger partial charge in [-0.05, 0) is 36.4 Å². The van der Waals surface area contributed by atoms with Crippen molar-refractivity contribution in [3.05, 3.63) is 53.1 Å². The molecule has 0 bridgehead atoms. The van der Waals surface area contributed by atoms with Gasteiger partial charge in [0.2, 0.25) is 0 Å². The smallest absolute Gasteiger partial charge is 0.338 e. The lowest BCUT2D eigenvalue weighted by molar-refractivity contribution is -0.119. The van der Waals surface area contributed by atoms with Gasteiger partial charge in [-0.3, -0.25) is 24.1 Å². The molecule has 2 aliphatic heterocycles. The fourth-order valence-corrected chi connectivity index (χ4v) is 3.05. The first-order valence-electron chi connectivity index (χ1n) is 8.83. The molecule has 10 heteroatoms. The highest BCUT2D eigenvalue weighted by Crippen LogP contribution is 2.29. The summed E-state index contributed by atoms with van der Waals surface area (Å²) in [6.45, 7) is -0.712. The lowest BCUT2D eigenvalue weighted by Crippen LogP contribution is -2.25. The highest BCUT2D eigenvalue weighted by atomic mass is 16.5. The Kier molecular flexibility index (Phi) is 4.66. The Morgan fingerprint density at radius 1 is 1.10 bits per heavy atom. The number of rotatable bonds is 4. The number of carbonyl (C=O) groups is 5. The van der Waals surface area contributed by atoms with E-state index in [9.17, 15) is 24.0 Å². The zero-order valence-electron chi connectivity index (χ0n) is 15.7. The van der Waals surface area contributed by atoms with Gasteiger partial charge in [0.15, 0.2) is 13.2 Å². The first kappa shape index (κ1) is 19.1. The van der Waals surface area contributed by atoms with Gasteiger partial charge in [0.25, 0.3) is 23.6 Å². The largest absolute Gasteiger partial charge is 0.482 e. The van der Waals surface area contributed by atoms with Crippen LogP contribution in [0.1, 0.15) is 31.1 Å². The second-order valence-electron chi connectivity index (χ2n) is 6.60. The van der Waals surface area contributed by atoms with Crippen molar-refractivity contribution in [2.75, 3.05) is 30.9 Å². The number of ether oxygens (including phenoxy) is 2. The zero-order chi connectivity index (χ0) is 21.4. The summed E-state index contributed by atoms with van der Waals surface area (Å²) in [6, 6.07) is 8.68. The molecule has 10 nitrogen and oxygen atoms in total. The number of hydrogen-bond donors (Lipinski definition) is 2. The van der Waals surface area contributed by atoms with Crippen LogP contribution in [0.15, 0.2) is 36.4 Å². The molecule has 2 heterocycles. The molecular weight excluding hydrogens is 394 g/mol. The molecule has 0 spiro atoms. The van der Waals surface area contributed by atoms with E-state index in [1.807, 2.05) is 0 Å². The van der Waals surface area contributed by atoms with Gasteiger partial charge >= 0.3 is 5.97 Å². The first-order chi connectivity index (χ1) is 14.3. The van der Waals surface area contributed by atoms with Crippen LogP contribution in [0.3, 0.4) is 0 Å². The number of nitrogens with one attached hydrogen (secondary N) is 2. The van der Waals surface area contributed by atoms with Crippen LogP contribution in [-0.4, -0.2) is 54.8 Å². The zero-order valence-corrected chi connectivity index (χ0v) is 15.7. The van der Waals surface area contributed by atoms with Gasteiger partial charge in [0.1, 0.15) is 5.75 Å². The number of nitrogens with zero attached hydrogens (tertiary/aromatic N) is 1. The average Bonchev–Trinajstić information content (AvgIpc) is 2.95. The summed E-state index contributed by atoms with van der Waals surface area (Å²) in [5, 5.41) is 5.11. The van der Waals surface area contributed by atoms with Crippen molar-refractivity contribution in [1.29, 1.82) is 0 Å². The molecule has 30 heavy (non-hydrogen) atoms. The van der Waals surface area contributed by atoms with Gasteiger partial charge in [0, 0.05) is 12.7 Å². The van der Waals surface area contributed by atoms with Crippen LogP contribution in [0.2, 0.25) is 0 Å². The van der Waals surface area contributed by atoms with Crippen molar-refractivity contribution < 1.29 is 33.4 Å². The minimum Gasteiger partial charge on any atom is -0.482 e. The quantitative estimate of drug-likeness (QED) is 0.570. The van der Waals surface area contributed by atoms with E-state index in [4.69, 9.17) is 9.47 Å². The predicted molar refractivity (Wildman–Crippen MR) is 102 cm³/mol. The Bertz CT molecular complexity index is 1130. The Hall–Kier alpha value is -4.21. The highest BCUT2D eigenvalue weighted by Gasteiger charge is 2.32. The molecule has 2 aromatic carbocycles. The van der Waals surface area contributed by atoms with E-state index >= 15 is 0 Å². The van der Waals surface area contributed by atoms with Crippen LogP contribution in [0.25, 0.3) is 0 Å². The van der Waals surface area contributed by atoms with Crippen LogP contribution in [-0.2, 0) is 14.3 Å². The number of anilines is 2. The average molecular weight is 409 g/mol. The fraction of sp³-hybridized carbons (Fsp3) is 0.150. The molecule has 2 aromatic rings. The lowest BCUT2D eigenvalue weighted by Gasteiger charge is -2.18. The van der Waals surface area contributed by atoms with Gasteiger partial charge in [0.05, 0.1) is 22.4 Å². The van der Waals surface area contributed by atoms with E-state index in [-0.39, 0.29) is 29.2 Å². The number of imide groups is 1. The standard InChI is InChI=1S/C20H15N3O7/c1-23-18(26)12-4-3-11(7-13(12)19(23)27)21-16(24)9-30-20(28)10-2-5-14-15(6-10)29-8-17(25)22-14/h2-7H,8-9H2,1H3,(H,21,24)(H,22,25). The first-order valence-corrected chi connectivity index (χ1v) is 8.83. The van der Waals surface area contributed by atoms with Crippen LogP contribution in [0.4, 0.5) is 11.4 Å². The molecule has 0 saturated carbocycles. The van der Waals surface area contributed by atoms with Crippen molar-refractivity contribution in [2.24, 2.45) is 0 Å². The summed E-state index contributed by atoms with van der Waals surface area (Å²) in [4.78, 5) is 60.5. The topological polar surface area (TPSA) is 131 Å². The Morgan fingerprint density at radius 3 is 2.67 bits per heavy atom. The van der Waals surface area contributed by atoms with Crippen molar-refractivity contribution >= 4 is 41.0 Å². The number of fused-ring (bicyclic) bond motifs is 2. The van der Waals surface area contributed by atoms with Gasteiger partial charge in [-0.2, -0.15) is 0 Å². The second-order valence-corrected chi connectivity index (χ2v) is 6.60. The number of esters is 1. The van der Waals surface area contributed by atoms with Crippen molar-refractivity contribution in [2.45, 2.75) is 0 Å². The molecule has 0 radical (unpaired) electrons. The van der Waals surface area contributed by atoms with Crippen LogP contribution in [0, 0.1) is 0 Å². The molecule has 4 rings (SSSR count). The molecular formula is C20H15N3O7. The minimum absolute atomic E-state index is 0.154. The number of hydrogen-bond acceptors (Lipinski definition) is 7. The predicted octanol–water partition coefficient (Wildman–Crippen LogP) is 1.04. The molecule has 2 N–H and O–H groups in total. The molecule has 152 valence electrons. The summed E-state index contributed by atoms with van der Waals surface area (Å²) in [6.07, 6.45) is 0. The van der Waals surface area contributed by atoms with Gasteiger partial charge < -0.3 is 20.1 Å². The third-order valence-corrected chi connectivity index (χ3v) is 4.56. The van der Waals surface area contributed by atoms with E-state index in [0.29, 0.717) is 17.1 Å². The van der Waals surface area contributed by atoms with Crippen LogP contribution < -0.4 is 15.4 Å². The molecule has 0 fully saturated rings.